The van der Waals surface area contributed by atoms with E-state index in [4.69, 9.17) is 9.72 Å². The Kier molecular flexibility index (Phi) is 8.67. The van der Waals surface area contributed by atoms with Crippen molar-refractivity contribution in [2.75, 3.05) is 51.3 Å². The molecular weight excluding hydrogens is 498 g/mol. The van der Waals surface area contributed by atoms with E-state index >= 15 is 0 Å². The lowest BCUT2D eigenvalue weighted by Crippen LogP contribution is -2.53. The molecule has 0 radical (unpaired) electrons. The molecule has 3 heterocycles. The number of amides is 1. The van der Waals surface area contributed by atoms with Crippen molar-refractivity contribution in [3.05, 3.63) is 40.7 Å². The van der Waals surface area contributed by atoms with Gasteiger partial charge in [-0.3, -0.25) is 14.7 Å². The molecule has 2 fully saturated rings. The lowest BCUT2D eigenvalue weighted by molar-refractivity contribution is -0.134. The molecule has 3 aliphatic rings. The van der Waals surface area contributed by atoms with Gasteiger partial charge in [-0.15, -0.1) is 11.3 Å². The van der Waals surface area contributed by atoms with Crippen LogP contribution in [0.4, 0.5) is 5.13 Å². The van der Waals surface area contributed by atoms with E-state index in [9.17, 15) is 9.90 Å². The van der Waals surface area contributed by atoms with E-state index < -0.39 is 6.10 Å². The zero-order chi connectivity index (χ0) is 26.7. The Balaban J connectivity index is 1.19. The first-order valence-electron chi connectivity index (χ1n) is 14.2. The van der Waals surface area contributed by atoms with Crippen molar-refractivity contribution in [1.82, 2.24) is 20.2 Å². The van der Waals surface area contributed by atoms with Gasteiger partial charge in [0.2, 0.25) is 5.91 Å². The van der Waals surface area contributed by atoms with Crippen molar-refractivity contribution in [3.8, 4) is 0 Å². The van der Waals surface area contributed by atoms with Crippen molar-refractivity contribution in [2.45, 2.75) is 58.5 Å². The number of anilines is 1. The maximum atomic E-state index is 13.1. The minimum Gasteiger partial charge on any atom is -0.392 e. The van der Waals surface area contributed by atoms with Crippen molar-refractivity contribution in [3.63, 3.8) is 0 Å². The number of thiazole rings is 1. The third-order valence-electron chi connectivity index (χ3n) is 9.19. The van der Waals surface area contributed by atoms with Gasteiger partial charge in [-0.25, -0.2) is 4.98 Å². The number of morpholine rings is 1. The number of pyridine rings is 1. The highest BCUT2D eigenvalue weighted by atomic mass is 32.1. The number of hydrogen-bond acceptors (Lipinski definition) is 8. The van der Waals surface area contributed by atoms with Crippen LogP contribution in [-0.4, -0.2) is 77.9 Å². The summed E-state index contributed by atoms with van der Waals surface area (Å²) in [6.45, 7) is 12.2. The number of aromatic nitrogens is 2. The molecule has 5 rings (SSSR count). The summed E-state index contributed by atoms with van der Waals surface area (Å²) in [5, 5.41) is 19.3. The number of hydrogen-bond donors (Lipinski definition) is 3. The Hall–Kier alpha value is -2.07. The SMILES string of the molecule is CC(C(=O)NCCN1CCOCC1)C1CCC2(C)Cc3sc(NCCc4ccccn4)nc3C(C)C2C1O. The molecule has 3 N–H and O–H groups in total. The molecule has 0 aromatic carbocycles. The maximum absolute atomic E-state index is 13.1. The van der Waals surface area contributed by atoms with Gasteiger partial charge in [0.25, 0.3) is 0 Å². The summed E-state index contributed by atoms with van der Waals surface area (Å²) in [6, 6.07) is 6.00. The van der Waals surface area contributed by atoms with Gasteiger partial charge < -0.3 is 20.5 Å². The number of ether oxygens (including phenoxy) is 1. The number of aliphatic hydroxyl groups excluding tert-OH is 1. The fourth-order valence-electron chi connectivity index (χ4n) is 6.98. The van der Waals surface area contributed by atoms with E-state index in [2.05, 4.69) is 34.4 Å². The molecule has 8 nitrogen and oxygen atoms in total. The molecule has 38 heavy (non-hydrogen) atoms. The topological polar surface area (TPSA) is 99.6 Å². The van der Waals surface area contributed by atoms with Crippen LogP contribution in [0.1, 0.15) is 55.8 Å². The number of fused-ring (bicyclic) bond motifs is 2. The predicted octanol–water partition coefficient (Wildman–Crippen LogP) is 3.33. The molecule has 2 aromatic rings. The van der Waals surface area contributed by atoms with Gasteiger partial charge in [-0.05, 0) is 48.6 Å². The molecule has 1 saturated heterocycles. The van der Waals surface area contributed by atoms with Gasteiger partial charge in [0.05, 0.1) is 25.0 Å². The van der Waals surface area contributed by atoms with Crippen LogP contribution < -0.4 is 10.6 Å². The largest absolute Gasteiger partial charge is 0.392 e. The number of carbonyl (C=O) groups is 1. The van der Waals surface area contributed by atoms with Crippen LogP contribution in [-0.2, 0) is 22.4 Å². The zero-order valence-corrected chi connectivity index (χ0v) is 23.8. The molecule has 1 saturated carbocycles. The fourth-order valence-corrected chi connectivity index (χ4v) is 8.27. The molecule has 2 aliphatic carbocycles. The minimum atomic E-state index is -0.515. The highest BCUT2D eigenvalue weighted by molar-refractivity contribution is 7.15. The van der Waals surface area contributed by atoms with Crippen LogP contribution in [0.3, 0.4) is 0 Å². The summed E-state index contributed by atoms with van der Waals surface area (Å²) >= 11 is 1.76. The molecule has 1 amide bonds. The van der Waals surface area contributed by atoms with Crippen molar-refractivity contribution >= 4 is 22.4 Å². The van der Waals surface area contributed by atoms with Crippen LogP contribution in [0.2, 0.25) is 0 Å². The van der Waals surface area contributed by atoms with E-state index in [1.54, 1.807) is 11.3 Å². The Morgan fingerprint density at radius 3 is 2.89 bits per heavy atom. The molecule has 0 bridgehead atoms. The minimum absolute atomic E-state index is 0.0205. The summed E-state index contributed by atoms with van der Waals surface area (Å²) in [6.07, 6.45) is 5.01. The summed E-state index contributed by atoms with van der Waals surface area (Å²) in [5.41, 5.74) is 2.22. The first kappa shape index (κ1) is 27.5. The average Bonchev–Trinajstić information content (AvgIpc) is 3.32. The second-order valence-corrected chi connectivity index (χ2v) is 12.8. The highest BCUT2D eigenvalue weighted by Crippen LogP contribution is 2.57. The molecule has 6 atom stereocenters. The maximum Gasteiger partial charge on any atom is 0.223 e. The Bertz CT molecular complexity index is 1080. The van der Waals surface area contributed by atoms with Crippen LogP contribution >= 0.6 is 11.3 Å². The standard InChI is InChI=1S/C29H43N5O3S/c1-19(27(36)31-12-13-34-14-16-37-17-15-34)22-7-9-29(3)18-23-25(20(2)24(29)26(22)35)33-28(38-23)32-11-8-21-6-4-5-10-30-21/h4-6,10,19-20,22,24,26,35H,7-9,11-18H2,1-3H3,(H,31,36)(H,32,33). The summed E-state index contributed by atoms with van der Waals surface area (Å²) < 4.78 is 5.41. The summed E-state index contributed by atoms with van der Waals surface area (Å²) in [5.74, 6) is 0.0619. The number of aliphatic hydroxyl groups is 1. The first-order chi connectivity index (χ1) is 18.4. The van der Waals surface area contributed by atoms with Crippen LogP contribution in [0.5, 0.6) is 0 Å². The summed E-state index contributed by atoms with van der Waals surface area (Å²) in [4.78, 5) is 26.1. The van der Waals surface area contributed by atoms with Gasteiger partial charge in [0.15, 0.2) is 5.13 Å². The molecule has 0 spiro atoms. The fraction of sp³-hybridized carbons (Fsp3) is 0.690. The third kappa shape index (κ3) is 5.91. The molecule has 2 aromatic heterocycles. The number of rotatable bonds is 9. The molecule has 208 valence electrons. The van der Waals surface area contributed by atoms with Crippen LogP contribution in [0, 0.1) is 23.2 Å². The number of nitrogens with zero attached hydrogens (tertiary/aromatic N) is 3. The van der Waals surface area contributed by atoms with E-state index in [1.807, 2.05) is 31.3 Å². The second-order valence-electron chi connectivity index (χ2n) is 11.7. The smallest absolute Gasteiger partial charge is 0.223 e. The Morgan fingerprint density at radius 1 is 1.32 bits per heavy atom. The molecular formula is C29H43N5O3S. The average molecular weight is 542 g/mol. The lowest BCUT2D eigenvalue weighted by atomic mass is 9.53. The lowest BCUT2D eigenvalue weighted by Gasteiger charge is -2.53. The van der Waals surface area contributed by atoms with Gasteiger partial charge in [-0.1, -0.05) is 26.8 Å². The summed E-state index contributed by atoms with van der Waals surface area (Å²) in [7, 11) is 0. The van der Waals surface area contributed by atoms with Gasteiger partial charge in [0, 0.05) is 67.7 Å². The molecule has 6 unspecified atom stereocenters. The van der Waals surface area contributed by atoms with Crippen LogP contribution in [0.15, 0.2) is 24.4 Å². The Morgan fingerprint density at radius 2 is 2.13 bits per heavy atom. The third-order valence-corrected chi connectivity index (χ3v) is 10.2. The number of nitrogens with one attached hydrogen (secondary N) is 2. The zero-order valence-electron chi connectivity index (χ0n) is 23.0. The van der Waals surface area contributed by atoms with Crippen molar-refractivity contribution in [2.24, 2.45) is 23.2 Å². The van der Waals surface area contributed by atoms with Gasteiger partial charge in [0.1, 0.15) is 0 Å². The quantitative estimate of drug-likeness (QED) is 0.448. The van der Waals surface area contributed by atoms with E-state index in [-0.39, 0.29) is 35.0 Å². The van der Waals surface area contributed by atoms with Crippen LogP contribution in [0.25, 0.3) is 0 Å². The van der Waals surface area contributed by atoms with Gasteiger partial charge in [-0.2, -0.15) is 0 Å². The normalized spacial score (nSPS) is 30.2. The Labute approximate surface area is 230 Å². The molecule has 1 aliphatic heterocycles. The second kappa shape index (κ2) is 12.0. The predicted molar refractivity (Wildman–Crippen MR) is 150 cm³/mol. The highest BCUT2D eigenvalue weighted by Gasteiger charge is 2.53. The first-order valence-corrected chi connectivity index (χ1v) is 15.1. The van der Waals surface area contributed by atoms with E-state index in [0.29, 0.717) is 6.54 Å². The van der Waals surface area contributed by atoms with Crippen molar-refractivity contribution in [1.29, 1.82) is 0 Å². The van der Waals surface area contributed by atoms with E-state index in [0.717, 1.165) is 81.6 Å². The number of carbonyl (C=O) groups excluding carboxylic acids is 1. The van der Waals surface area contributed by atoms with Crippen molar-refractivity contribution < 1.29 is 14.6 Å². The van der Waals surface area contributed by atoms with E-state index in [1.165, 1.54) is 4.88 Å². The monoisotopic (exact) mass is 541 g/mol. The molecule has 9 heteroatoms. The van der Waals surface area contributed by atoms with Gasteiger partial charge >= 0.3 is 0 Å².